The normalized spacial score (nSPS) is 29.0. The van der Waals surface area contributed by atoms with Gasteiger partial charge in [0.1, 0.15) is 0 Å². The van der Waals surface area contributed by atoms with Gasteiger partial charge in [-0.1, -0.05) is 26.2 Å². The summed E-state index contributed by atoms with van der Waals surface area (Å²) < 4.78 is 0. The summed E-state index contributed by atoms with van der Waals surface area (Å²) in [5.74, 6) is 0.0125. The lowest BCUT2D eigenvalue weighted by molar-refractivity contribution is -0.160. The van der Waals surface area contributed by atoms with Crippen molar-refractivity contribution in [3.63, 3.8) is 0 Å². The van der Waals surface area contributed by atoms with Crippen LogP contribution in [0, 0.1) is 5.92 Å². The topological polar surface area (TPSA) is 60.9 Å². The predicted molar refractivity (Wildman–Crippen MR) is 78.5 cm³/mol. The molecule has 5 heteroatoms. The number of rotatable bonds is 4. The number of nitrogens with zero attached hydrogens (tertiary/aromatic N) is 2. The van der Waals surface area contributed by atoms with E-state index in [2.05, 4.69) is 0 Å². The maximum Gasteiger partial charge on any atom is 0.228 e. The van der Waals surface area contributed by atoms with Crippen LogP contribution in [0.4, 0.5) is 0 Å². The molecule has 2 heterocycles. The van der Waals surface area contributed by atoms with Crippen LogP contribution < -0.4 is 0 Å². The van der Waals surface area contributed by atoms with Gasteiger partial charge in [-0.3, -0.25) is 9.59 Å². The molecule has 1 aliphatic carbocycles. The van der Waals surface area contributed by atoms with Gasteiger partial charge in [-0.15, -0.1) is 0 Å². The maximum atomic E-state index is 12.5. The second-order valence-corrected chi connectivity index (χ2v) is 7.05. The van der Waals surface area contributed by atoms with Crippen molar-refractivity contribution >= 4 is 11.8 Å². The van der Waals surface area contributed by atoms with Gasteiger partial charge in [0, 0.05) is 19.0 Å². The molecule has 0 bridgehead atoms. The number of aliphatic hydroxyl groups is 1. The lowest BCUT2D eigenvalue weighted by Gasteiger charge is -2.47. The standard InChI is InChI=1S/C16H26N2O3/c1-2-7-16(21)10-17(11-16)15(20)12-8-14(19)18(9-12)13-5-3-4-6-13/h12-13,21H,2-11H2,1H3. The molecule has 0 aromatic rings. The van der Waals surface area contributed by atoms with Gasteiger partial charge in [-0.05, 0) is 19.3 Å². The number of β-amino-alcohol motifs (C(OH)–C–C–N with tert-alkyl or cyclic N) is 1. The minimum atomic E-state index is -0.682. The highest BCUT2D eigenvalue weighted by molar-refractivity contribution is 5.90. The molecule has 2 saturated heterocycles. The summed E-state index contributed by atoms with van der Waals surface area (Å²) in [5.41, 5.74) is -0.682. The lowest BCUT2D eigenvalue weighted by Crippen LogP contribution is -2.64. The van der Waals surface area contributed by atoms with Crippen LogP contribution in [-0.4, -0.2) is 58.0 Å². The second-order valence-electron chi connectivity index (χ2n) is 7.05. The van der Waals surface area contributed by atoms with Gasteiger partial charge in [-0.2, -0.15) is 0 Å². The summed E-state index contributed by atoms with van der Waals surface area (Å²) in [7, 11) is 0. The van der Waals surface area contributed by atoms with E-state index in [1.54, 1.807) is 4.90 Å². The SMILES string of the molecule is CCCC1(O)CN(C(=O)C2CC(=O)N(C3CCCC3)C2)C1. The monoisotopic (exact) mass is 294 g/mol. The molecule has 0 aromatic carbocycles. The second kappa shape index (κ2) is 5.59. The molecule has 2 aliphatic heterocycles. The van der Waals surface area contributed by atoms with E-state index in [-0.39, 0.29) is 17.7 Å². The summed E-state index contributed by atoms with van der Waals surface area (Å²) >= 11 is 0. The number of hydrogen-bond acceptors (Lipinski definition) is 3. The van der Waals surface area contributed by atoms with E-state index in [1.165, 1.54) is 12.8 Å². The molecule has 118 valence electrons. The molecule has 1 saturated carbocycles. The van der Waals surface area contributed by atoms with Crippen molar-refractivity contribution in [1.82, 2.24) is 9.80 Å². The third kappa shape index (κ3) is 2.80. The molecule has 1 atom stereocenters. The Kier molecular flexibility index (Phi) is 3.95. The molecule has 0 radical (unpaired) electrons. The van der Waals surface area contributed by atoms with E-state index in [9.17, 15) is 14.7 Å². The first-order valence-electron chi connectivity index (χ1n) is 8.33. The van der Waals surface area contributed by atoms with Gasteiger partial charge in [0.15, 0.2) is 0 Å². The van der Waals surface area contributed by atoms with Crippen LogP contribution in [0.2, 0.25) is 0 Å². The van der Waals surface area contributed by atoms with Crippen molar-refractivity contribution in [2.45, 2.75) is 63.5 Å². The average molecular weight is 294 g/mol. The Hall–Kier alpha value is -1.10. The third-order valence-corrected chi connectivity index (χ3v) is 5.27. The van der Waals surface area contributed by atoms with Crippen molar-refractivity contribution in [1.29, 1.82) is 0 Å². The highest BCUT2D eigenvalue weighted by atomic mass is 16.3. The summed E-state index contributed by atoms with van der Waals surface area (Å²) in [5, 5.41) is 10.2. The third-order valence-electron chi connectivity index (χ3n) is 5.27. The molecule has 2 amide bonds. The molecule has 0 spiro atoms. The van der Waals surface area contributed by atoms with E-state index in [0.29, 0.717) is 32.1 Å². The number of carbonyl (C=O) groups excluding carboxylic acids is 2. The summed E-state index contributed by atoms with van der Waals surface area (Å²) in [6.45, 7) is 3.50. The fourth-order valence-corrected chi connectivity index (χ4v) is 4.17. The van der Waals surface area contributed by atoms with Crippen LogP contribution >= 0.6 is 0 Å². The fourth-order valence-electron chi connectivity index (χ4n) is 4.17. The number of hydrogen-bond donors (Lipinski definition) is 1. The maximum absolute atomic E-state index is 12.5. The van der Waals surface area contributed by atoms with E-state index < -0.39 is 5.60 Å². The van der Waals surface area contributed by atoms with Crippen LogP contribution in [0.3, 0.4) is 0 Å². The van der Waals surface area contributed by atoms with Crippen molar-refractivity contribution in [3.05, 3.63) is 0 Å². The lowest BCUT2D eigenvalue weighted by atomic mass is 9.88. The van der Waals surface area contributed by atoms with Gasteiger partial charge < -0.3 is 14.9 Å². The molecule has 3 rings (SSSR count). The van der Waals surface area contributed by atoms with Crippen LogP contribution in [0.1, 0.15) is 51.9 Å². The van der Waals surface area contributed by atoms with Crippen molar-refractivity contribution in [3.8, 4) is 0 Å². The smallest absolute Gasteiger partial charge is 0.228 e. The predicted octanol–water partition coefficient (Wildman–Crippen LogP) is 1.15. The van der Waals surface area contributed by atoms with Crippen molar-refractivity contribution in [2.75, 3.05) is 19.6 Å². The summed E-state index contributed by atoms with van der Waals surface area (Å²) in [6, 6.07) is 0.365. The van der Waals surface area contributed by atoms with Gasteiger partial charge in [0.25, 0.3) is 0 Å². The largest absolute Gasteiger partial charge is 0.386 e. The van der Waals surface area contributed by atoms with Crippen molar-refractivity contribution < 1.29 is 14.7 Å². The Bertz CT molecular complexity index is 425. The summed E-state index contributed by atoms with van der Waals surface area (Å²) in [6.07, 6.45) is 6.61. The Morgan fingerprint density at radius 3 is 2.62 bits per heavy atom. The molecule has 21 heavy (non-hydrogen) atoms. The first-order valence-corrected chi connectivity index (χ1v) is 8.33. The van der Waals surface area contributed by atoms with Gasteiger partial charge in [-0.25, -0.2) is 0 Å². The molecule has 3 aliphatic rings. The number of likely N-dealkylation sites (tertiary alicyclic amines) is 2. The first kappa shape index (κ1) is 14.8. The van der Waals surface area contributed by atoms with E-state index >= 15 is 0 Å². The van der Waals surface area contributed by atoms with E-state index in [4.69, 9.17) is 0 Å². The minimum absolute atomic E-state index is 0.0598. The van der Waals surface area contributed by atoms with Crippen LogP contribution in [-0.2, 0) is 9.59 Å². The Morgan fingerprint density at radius 1 is 1.33 bits per heavy atom. The molecule has 1 N–H and O–H groups in total. The highest BCUT2D eigenvalue weighted by Crippen LogP contribution is 2.33. The summed E-state index contributed by atoms with van der Waals surface area (Å²) in [4.78, 5) is 28.3. The molecule has 5 nitrogen and oxygen atoms in total. The fraction of sp³-hybridized carbons (Fsp3) is 0.875. The van der Waals surface area contributed by atoms with Gasteiger partial charge in [0.05, 0.1) is 24.6 Å². The van der Waals surface area contributed by atoms with Crippen LogP contribution in [0.5, 0.6) is 0 Å². The van der Waals surface area contributed by atoms with E-state index in [0.717, 1.165) is 25.7 Å². The zero-order valence-corrected chi connectivity index (χ0v) is 12.9. The van der Waals surface area contributed by atoms with Crippen LogP contribution in [0.15, 0.2) is 0 Å². The van der Waals surface area contributed by atoms with Gasteiger partial charge in [0.2, 0.25) is 11.8 Å². The van der Waals surface area contributed by atoms with Gasteiger partial charge >= 0.3 is 0 Å². The highest BCUT2D eigenvalue weighted by Gasteiger charge is 2.47. The Balaban J connectivity index is 1.54. The Morgan fingerprint density at radius 2 is 2.00 bits per heavy atom. The molecule has 0 aromatic heterocycles. The first-order chi connectivity index (χ1) is 10.0. The molecule has 3 fully saturated rings. The molecular weight excluding hydrogens is 268 g/mol. The van der Waals surface area contributed by atoms with E-state index in [1.807, 2.05) is 11.8 Å². The zero-order valence-electron chi connectivity index (χ0n) is 12.9. The quantitative estimate of drug-likeness (QED) is 0.846. The molecular formula is C16H26N2O3. The molecule has 1 unspecified atom stereocenters. The average Bonchev–Trinajstić information content (AvgIpc) is 3.04. The minimum Gasteiger partial charge on any atom is -0.386 e. The zero-order chi connectivity index (χ0) is 15.0. The van der Waals surface area contributed by atoms with Crippen LogP contribution in [0.25, 0.3) is 0 Å². The number of amides is 2. The van der Waals surface area contributed by atoms with Crippen molar-refractivity contribution in [2.24, 2.45) is 5.92 Å². The number of carbonyl (C=O) groups is 2. The Labute approximate surface area is 126 Å².